The largest absolute Gasteiger partial charge is 0.463 e. The molecule has 0 N–H and O–H groups in total. The molecule has 2 aromatic rings. The van der Waals surface area contributed by atoms with Crippen molar-refractivity contribution in [3.63, 3.8) is 0 Å². The lowest BCUT2D eigenvalue weighted by molar-refractivity contribution is -0.176. The van der Waals surface area contributed by atoms with Crippen molar-refractivity contribution in [3.8, 4) is 0 Å². The van der Waals surface area contributed by atoms with Crippen LogP contribution in [-0.2, 0) is 24.7 Å². The van der Waals surface area contributed by atoms with Crippen LogP contribution in [0.25, 0.3) is 0 Å². The highest BCUT2D eigenvalue weighted by molar-refractivity contribution is 5.90. The summed E-state index contributed by atoms with van der Waals surface area (Å²) in [5, 5.41) is 0. The van der Waals surface area contributed by atoms with Crippen LogP contribution in [-0.4, -0.2) is 18.5 Å². The smallest absolute Gasteiger partial charge is 0.356 e. The van der Waals surface area contributed by atoms with Crippen LogP contribution in [0.4, 0.5) is 0 Å². The maximum absolute atomic E-state index is 12.8. The molecule has 4 nitrogen and oxygen atoms in total. The summed E-state index contributed by atoms with van der Waals surface area (Å²) in [6.45, 7) is 1.97. The molecule has 23 heavy (non-hydrogen) atoms. The van der Waals surface area contributed by atoms with Crippen LogP contribution >= 0.6 is 0 Å². The number of ether oxygens (including phenoxy) is 2. The fourth-order valence-corrected chi connectivity index (χ4v) is 3.13. The third kappa shape index (κ3) is 2.61. The topological polar surface area (TPSA) is 52.6 Å². The molecular formula is C19H18O4. The number of carbonyl (C=O) groups is 2. The van der Waals surface area contributed by atoms with Gasteiger partial charge in [0, 0.05) is 11.5 Å². The van der Waals surface area contributed by atoms with Gasteiger partial charge in [-0.25, -0.2) is 4.79 Å². The van der Waals surface area contributed by atoms with Crippen LogP contribution < -0.4 is 0 Å². The SMILES string of the molecule is CCOC(=O)[C@]1(c2ccccc2)OC(=O)C[C@@H]1c1ccccc1. The van der Waals surface area contributed by atoms with Crippen molar-refractivity contribution in [2.24, 2.45) is 0 Å². The fourth-order valence-electron chi connectivity index (χ4n) is 3.13. The minimum atomic E-state index is -1.42. The molecular weight excluding hydrogens is 292 g/mol. The third-order valence-corrected chi connectivity index (χ3v) is 4.12. The number of cyclic esters (lactones) is 1. The van der Waals surface area contributed by atoms with Gasteiger partial charge in [0.05, 0.1) is 13.0 Å². The highest BCUT2D eigenvalue weighted by atomic mass is 16.6. The molecule has 2 atom stereocenters. The summed E-state index contributed by atoms with van der Waals surface area (Å²) in [7, 11) is 0. The third-order valence-electron chi connectivity index (χ3n) is 4.12. The first-order valence-corrected chi connectivity index (χ1v) is 7.68. The predicted molar refractivity (Wildman–Crippen MR) is 84.6 cm³/mol. The van der Waals surface area contributed by atoms with Crippen LogP contribution in [0, 0.1) is 0 Å². The second kappa shape index (κ2) is 6.24. The van der Waals surface area contributed by atoms with E-state index in [9.17, 15) is 9.59 Å². The Labute approximate surface area is 135 Å². The zero-order valence-corrected chi connectivity index (χ0v) is 12.9. The minimum Gasteiger partial charge on any atom is -0.463 e. The molecule has 0 aliphatic carbocycles. The van der Waals surface area contributed by atoms with Gasteiger partial charge in [0.25, 0.3) is 0 Å². The van der Waals surface area contributed by atoms with E-state index in [1.165, 1.54) is 0 Å². The number of benzene rings is 2. The van der Waals surface area contributed by atoms with Crippen LogP contribution in [0.1, 0.15) is 30.4 Å². The summed E-state index contributed by atoms with van der Waals surface area (Å²) < 4.78 is 10.9. The van der Waals surface area contributed by atoms with Crippen LogP contribution in [0.3, 0.4) is 0 Å². The number of esters is 2. The van der Waals surface area contributed by atoms with Crippen LogP contribution in [0.2, 0.25) is 0 Å². The van der Waals surface area contributed by atoms with Crippen molar-refractivity contribution >= 4 is 11.9 Å². The van der Waals surface area contributed by atoms with Gasteiger partial charge in [-0.2, -0.15) is 0 Å². The predicted octanol–water partition coefficient (Wildman–Crippen LogP) is 3.18. The first-order chi connectivity index (χ1) is 11.2. The van der Waals surface area contributed by atoms with E-state index in [-0.39, 0.29) is 13.0 Å². The van der Waals surface area contributed by atoms with Gasteiger partial charge in [-0.1, -0.05) is 60.7 Å². The maximum atomic E-state index is 12.8. The summed E-state index contributed by atoms with van der Waals surface area (Å²) in [5.41, 5.74) is 0.101. The average Bonchev–Trinajstić information content (AvgIpc) is 2.95. The molecule has 118 valence electrons. The molecule has 1 saturated heterocycles. The molecule has 1 fully saturated rings. The highest BCUT2D eigenvalue weighted by Gasteiger charge is 2.58. The van der Waals surface area contributed by atoms with E-state index in [1.54, 1.807) is 19.1 Å². The second-order valence-electron chi connectivity index (χ2n) is 5.46. The molecule has 2 aromatic carbocycles. The van der Waals surface area contributed by atoms with E-state index in [1.807, 2.05) is 48.5 Å². The fraction of sp³-hybridized carbons (Fsp3) is 0.263. The molecule has 3 rings (SSSR count). The van der Waals surface area contributed by atoms with Crippen molar-refractivity contribution in [1.82, 2.24) is 0 Å². The van der Waals surface area contributed by atoms with E-state index in [0.29, 0.717) is 5.56 Å². The lowest BCUT2D eigenvalue weighted by Crippen LogP contribution is -2.41. The number of carbonyl (C=O) groups excluding carboxylic acids is 2. The Hall–Kier alpha value is -2.62. The molecule has 0 amide bonds. The van der Waals surface area contributed by atoms with E-state index in [0.717, 1.165) is 5.56 Å². The van der Waals surface area contributed by atoms with Crippen molar-refractivity contribution in [2.75, 3.05) is 6.61 Å². The number of hydrogen-bond donors (Lipinski definition) is 0. The number of hydrogen-bond acceptors (Lipinski definition) is 4. The van der Waals surface area contributed by atoms with E-state index >= 15 is 0 Å². The molecule has 1 heterocycles. The van der Waals surface area contributed by atoms with Crippen molar-refractivity contribution < 1.29 is 19.1 Å². The van der Waals surface area contributed by atoms with E-state index in [2.05, 4.69) is 0 Å². The van der Waals surface area contributed by atoms with Crippen molar-refractivity contribution in [3.05, 3.63) is 71.8 Å². The minimum absolute atomic E-state index is 0.151. The standard InChI is InChI=1S/C19H18O4/c1-2-22-18(21)19(15-11-7-4-8-12-15)16(13-17(20)23-19)14-9-5-3-6-10-14/h3-12,16H,2,13H2,1H3/t16-,19-/m1/s1. The Balaban J connectivity index is 2.16. The second-order valence-corrected chi connectivity index (χ2v) is 5.46. The van der Waals surface area contributed by atoms with E-state index in [4.69, 9.17) is 9.47 Å². The lowest BCUT2D eigenvalue weighted by atomic mass is 9.77. The van der Waals surface area contributed by atoms with Gasteiger partial charge in [-0.15, -0.1) is 0 Å². The first-order valence-electron chi connectivity index (χ1n) is 7.68. The zero-order valence-electron chi connectivity index (χ0n) is 12.9. The molecule has 0 saturated carbocycles. The average molecular weight is 310 g/mol. The van der Waals surface area contributed by atoms with Gasteiger partial charge in [0.15, 0.2) is 0 Å². The zero-order chi connectivity index (χ0) is 16.3. The summed E-state index contributed by atoms with van der Waals surface area (Å²) in [5.74, 6) is -1.32. The molecule has 4 heteroatoms. The Bertz CT molecular complexity index is 696. The quantitative estimate of drug-likeness (QED) is 0.814. The summed E-state index contributed by atoms with van der Waals surface area (Å²) in [4.78, 5) is 24.9. The molecule has 0 bridgehead atoms. The maximum Gasteiger partial charge on any atom is 0.356 e. The first kappa shape index (κ1) is 15.3. The van der Waals surface area contributed by atoms with Crippen molar-refractivity contribution in [2.45, 2.75) is 24.9 Å². The van der Waals surface area contributed by atoms with E-state index < -0.39 is 23.5 Å². The Morgan fingerprint density at radius 2 is 1.74 bits per heavy atom. The summed E-state index contributed by atoms with van der Waals surface area (Å²) in [6, 6.07) is 18.6. The van der Waals surface area contributed by atoms with Crippen LogP contribution in [0.5, 0.6) is 0 Å². The lowest BCUT2D eigenvalue weighted by Gasteiger charge is -2.31. The van der Waals surface area contributed by atoms with Crippen LogP contribution in [0.15, 0.2) is 60.7 Å². The van der Waals surface area contributed by atoms with Gasteiger partial charge in [0.2, 0.25) is 5.60 Å². The van der Waals surface area contributed by atoms with Crippen molar-refractivity contribution in [1.29, 1.82) is 0 Å². The molecule has 1 aliphatic rings. The Kier molecular flexibility index (Phi) is 4.15. The normalized spacial score (nSPS) is 23.3. The van der Waals surface area contributed by atoms with Gasteiger partial charge in [-0.3, -0.25) is 4.79 Å². The molecule has 0 unspecified atom stereocenters. The monoisotopic (exact) mass is 310 g/mol. The van der Waals surface area contributed by atoms with Gasteiger partial charge in [0.1, 0.15) is 0 Å². The molecule has 0 spiro atoms. The highest BCUT2D eigenvalue weighted by Crippen LogP contribution is 2.48. The summed E-state index contributed by atoms with van der Waals surface area (Å²) >= 11 is 0. The van der Waals surface area contributed by atoms with Gasteiger partial charge < -0.3 is 9.47 Å². The number of rotatable bonds is 4. The molecule has 0 radical (unpaired) electrons. The Morgan fingerprint density at radius 1 is 1.13 bits per heavy atom. The summed E-state index contributed by atoms with van der Waals surface area (Å²) in [6.07, 6.45) is 0.151. The van der Waals surface area contributed by atoms with Gasteiger partial charge >= 0.3 is 11.9 Å². The van der Waals surface area contributed by atoms with Gasteiger partial charge in [-0.05, 0) is 12.5 Å². The molecule has 0 aromatic heterocycles. The molecule has 1 aliphatic heterocycles. The Morgan fingerprint density at radius 3 is 2.35 bits per heavy atom.